The average molecular weight is 148 g/mol. The Kier molecular flexibility index (Phi) is 2.26. The van der Waals surface area contributed by atoms with Crippen molar-refractivity contribution in [3.05, 3.63) is 0 Å². The molecule has 1 fully saturated rings. The fourth-order valence-corrected chi connectivity index (χ4v) is 1.18. The van der Waals surface area contributed by atoms with Gasteiger partial charge < -0.3 is 9.47 Å². The number of ether oxygens (including phenoxy) is 2. The molecule has 3 heteroatoms. The molecular formula is C7H13FO2. The Morgan fingerprint density at radius 3 is 2.90 bits per heavy atom. The van der Waals surface area contributed by atoms with E-state index in [0.717, 1.165) is 0 Å². The first-order valence-corrected chi connectivity index (χ1v) is 3.62. The van der Waals surface area contributed by atoms with Crippen LogP contribution in [0.15, 0.2) is 0 Å². The van der Waals surface area contributed by atoms with E-state index in [0.29, 0.717) is 19.4 Å². The quantitative estimate of drug-likeness (QED) is 0.595. The van der Waals surface area contributed by atoms with Crippen LogP contribution in [-0.2, 0) is 9.47 Å². The van der Waals surface area contributed by atoms with Crippen molar-refractivity contribution in [2.24, 2.45) is 0 Å². The molecule has 1 saturated heterocycles. The van der Waals surface area contributed by atoms with Gasteiger partial charge in [-0.3, -0.25) is 0 Å². The van der Waals surface area contributed by atoms with Crippen molar-refractivity contribution in [2.75, 3.05) is 6.61 Å². The Bertz CT molecular complexity index is 114. The highest BCUT2D eigenvalue weighted by atomic mass is 19.1. The summed E-state index contributed by atoms with van der Waals surface area (Å²) in [5.74, 6) is -0.659. The van der Waals surface area contributed by atoms with E-state index < -0.39 is 12.1 Å². The van der Waals surface area contributed by atoms with Crippen molar-refractivity contribution >= 4 is 0 Å². The molecule has 0 amide bonds. The molecule has 2 atom stereocenters. The van der Waals surface area contributed by atoms with Gasteiger partial charge in [0, 0.05) is 19.4 Å². The smallest absolute Gasteiger partial charge is 0.202 e. The van der Waals surface area contributed by atoms with Gasteiger partial charge in [0.1, 0.15) is 0 Å². The molecule has 0 N–H and O–H groups in total. The summed E-state index contributed by atoms with van der Waals surface area (Å²) in [6, 6.07) is 0. The summed E-state index contributed by atoms with van der Waals surface area (Å²) in [4.78, 5) is 0. The van der Waals surface area contributed by atoms with Crippen LogP contribution >= 0.6 is 0 Å². The molecule has 0 aromatic carbocycles. The number of hydrogen-bond donors (Lipinski definition) is 0. The summed E-state index contributed by atoms with van der Waals surface area (Å²) in [6.45, 7) is 4.22. The maximum atomic E-state index is 12.4. The molecule has 1 aliphatic rings. The molecule has 0 aromatic rings. The number of halogens is 1. The van der Waals surface area contributed by atoms with Crippen LogP contribution in [-0.4, -0.2) is 18.8 Å². The van der Waals surface area contributed by atoms with Crippen LogP contribution in [0.2, 0.25) is 0 Å². The molecule has 1 aliphatic heterocycles. The van der Waals surface area contributed by atoms with E-state index in [1.807, 2.05) is 6.92 Å². The zero-order valence-electron chi connectivity index (χ0n) is 6.39. The first-order chi connectivity index (χ1) is 4.66. The summed E-state index contributed by atoms with van der Waals surface area (Å²) in [7, 11) is 0. The van der Waals surface area contributed by atoms with Crippen LogP contribution in [0.1, 0.15) is 26.7 Å². The fraction of sp³-hybridized carbons (Fsp3) is 1.00. The SMILES string of the molecule is CCOC1(C)CCC(F)O1. The second-order valence-electron chi connectivity index (χ2n) is 2.63. The lowest BCUT2D eigenvalue weighted by Crippen LogP contribution is -2.27. The molecular weight excluding hydrogens is 135 g/mol. The largest absolute Gasteiger partial charge is 0.350 e. The van der Waals surface area contributed by atoms with Crippen LogP contribution in [0.5, 0.6) is 0 Å². The van der Waals surface area contributed by atoms with E-state index >= 15 is 0 Å². The van der Waals surface area contributed by atoms with Gasteiger partial charge in [0.2, 0.25) is 6.36 Å². The highest BCUT2D eigenvalue weighted by molar-refractivity contribution is 4.71. The molecule has 2 nitrogen and oxygen atoms in total. The average Bonchev–Trinajstić information content (AvgIpc) is 2.12. The van der Waals surface area contributed by atoms with Gasteiger partial charge in [-0.15, -0.1) is 0 Å². The maximum absolute atomic E-state index is 12.4. The van der Waals surface area contributed by atoms with Gasteiger partial charge in [-0.05, 0) is 13.8 Å². The van der Waals surface area contributed by atoms with Gasteiger partial charge in [-0.1, -0.05) is 0 Å². The van der Waals surface area contributed by atoms with E-state index in [9.17, 15) is 4.39 Å². The van der Waals surface area contributed by atoms with Crippen molar-refractivity contribution in [3.8, 4) is 0 Å². The summed E-state index contributed by atoms with van der Waals surface area (Å²) in [5.41, 5.74) is 0. The minimum atomic E-state index is -1.13. The highest BCUT2D eigenvalue weighted by Crippen LogP contribution is 2.31. The van der Waals surface area contributed by atoms with Gasteiger partial charge in [-0.25, -0.2) is 4.39 Å². The highest BCUT2D eigenvalue weighted by Gasteiger charge is 2.36. The Labute approximate surface area is 60.3 Å². The summed E-state index contributed by atoms with van der Waals surface area (Å²) < 4.78 is 22.5. The molecule has 0 radical (unpaired) electrons. The van der Waals surface area contributed by atoms with Crippen molar-refractivity contribution < 1.29 is 13.9 Å². The Morgan fingerprint density at radius 1 is 1.80 bits per heavy atom. The van der Waals surface area contributed by atoms with Crippen molar-refractivity contribution in [3.63, 3.8) is 0 Å². The fourth-order valence-electron chi connectivity index (χ4n) is 1.18. The molecule has 0 saturated carbocycles. The normalized spacial score (nSPS) is 40.5. The number of hydrogen-bond acceptors (Lipinski definition) is 2. The topological polar surface area (TPSA) is 18.5 Å². The van der Waals surface area contributed by atoms with Crippen molar-refractivity contribution in [1.29, 1.82) is 0 Å². The Morgan fingerprint density at radius 2 is 2.50 bits per heavy atom. The summed E-state index contributed by atoms with van der Waals surface area (Å²) in [6.07, 6.45) is -0.0186. The molecule has 0 aromatic heterocycles. The molecule has 0 bridgehead atoms. The van der Waals surface area contributed by atoms with Crippen LogP contribution in [0.25, 0.3) is 0 Å². The van der Waals surface area contributed by atoms with Gasteiger partial charge in [0.25, 0.3) is 0 Å². The molecule has 60 valence electrons. The minimum Gasteiger partial charge on any atom is -0.350 e. The molecule has 0 aliphatic carbocycles. The first kappa shape index (κ1) is 7.95. The van der Waals surface area contributed by atoms with E-state index in [1.165, 1.54) is 0 Å². The van der Waals surface area contributed by atoms with E-state index in [-0.39, 0.29) is 0 Å². The van der Waals surface area contributed by atoms with E-state index in [1.54, 1.807) is 6.92 Å². The van der Waals surface area contributed by atoms with Crippen LogP contribution in [0, 0.1) is 0 Å². The minimum absolute atomic E-state index is 0.455. The van der Waals surface area contributed by atoms with Crippen LogP contribution < -0.4 is 0 Å². The second kappa shape index (κ2) is 2.84. The lowest BCUT2D eigenvalue weighted by atomic mass is 10.2. The second-order valence-corrected chi connectivity index (χ2v) is 2.63. The van der Waals surface area contributed by atoms with Crippen LogP contribution in [0.3, 0.4) is 0 Å². The lowest BCUT2D eigenvalue weighted by molar-refractivity contribution is -0.232. The predicted molar refractivity (Wildman–Crippen MR) is 35.2 cm³/mol. The van der Waals surface area contributed by atoms with Gasteiger partial charge >= 0.3 is 0 Å². The van der Waals surface area contributed by atoms with E-state index in [2.05, 4.69) is 0 Å². The van der Waals surface area contributed by atoms with Gasteiger partial charge in [0.05, 0.1) is 0 Å². The molecule has 1 rings (SSSR count). The Balaban J connectivity index is 2.38. The third kappa shape index (κ3) is 1.67. The summed E-state index contributed by atoms with van der Waals surface area (Å²) >= 11 is 0. The van der Waals surface area contributed by atoms with Crippen LogP contribution in [0.4, 0.5) is 4.39 Å². The Hall–Kier alpha value is -0.150. The first-order valence-electron chi connectivity index (χ1n) is 3.62. The summed E-state index contributed by atoms with van der Waals surface area (Å²) in [5, 5.41) is 0. The molecule has 2 unspecified atom stereocenters. The predicted octanol–water partition coefficient (Wildman–Crippen LogP) is 1.85. The zero-order valence-corrected chi connectivity index (χ0v) is 6.39. The third-order valence-electron chi connectivity index (χ3n) is 1.65. The monoisotopic (exact) mass is 148 g/mol. The molecule has 1 heterocycles. The van der Waals surface area contributed by atoms with Crippen molar-refractivity contribution in [1.82, 2.24) is 0 Å². The maximum Gasteiger partial charge on any atom is 0.202 e. The van der Waals surface area contributed by atoms with Gasteiger partial charge in [-0.2, -0.15) is 0 Å². The number of rotatable bonds is 2. The van der Waals surface area contributed by atoms with E-state index in [4.69, 9.17) is 9.47 Å². The van der Waals surface area contributed by atoms with Crippen molar-refractivity contribution in [2.45, 2.75) is 38.8 Å². The number of alkyl halides is 1. The molecule has 10 heavy (non-hydrogen) atoms. The standard InChI is InChI=1S/C7H13FO2/c1-3-9-7(2)5-4-6(8)10-7/h6H,3-5H2,1-2H3. The molecule has 0 spiro atoms. The van der Waals surface area contributed by atoms with Gasteiger partial charge in [0.15, 0.2) is 5.79 Å². The third-order valence-corrected chi connectivity index (χ3v) is 1.65. The zero-order chi connectivity index (χ0) is 7.61. The lowest BCUT2D eigenvalue weighted by Gasteiger charge is -2.22.